The van der Waals surface area contributed by atoms with Crippen LogP contribution < -0.4 is 5.73 Å². The molecule has 104 valence electrons. The number of thiophene rings is 1. The minimum Gasteiger partial charge on any atom is -0.323 e. The van der Waals surface area contributed by atoms with E-state index in [-0.39, 0.29) is 6.04 Å². The predicted octanol–water partition coefficient (Wildman–Crippen LogP) is 5.24. The van der Waals surface area contributed by atoms with Crippen LogP contribution in [0.1, 0.15) is 43.0 Å². The van der Waals surface area contributed by atoms with Gasteiger partial charge in [0, 0.05) is 15.4 Å². The van der Waals surface area contributed by atoms with E-state index in [1.165, 1.54) is 37.0 Å². The summed E-state index contributed by atoms with van der Waals surface area (Å²) in [5.41, 5.74) is 6.63. The van der Waals surface area contributed by atoms with Gasteiger partial charge in [0.05, 0.1) is 0 Å². The highest BCUT2D eigenvalue weighted by Gasteiger charge is 2.50. The molecule has 0 saturated heterocycles. The van der Waals surface area contributed by atoms with Gasteiger partial charge in [-0.3, -0.25) is 0 Å². The molecule has 4 heteroatoms. The first-order valence-corrected chi connectivity index (χ1v) is 9.31. The van der Waals surface area contributed by atoms with Gasteiger partial charge in [-0.1, -0.05) is 11.6 Å². The number of hydrogen-bond acceptors (Lipinski definition) is 2. The van der Waals surface area contributed by atoms with Crippen LogP contribution in [0.3, 0.4) is 0 Å². The average Bonchev–Trinajstić information content (AvgIpc) is 2.68. The third-order valence-electron chi connectivity index (χ3n) is 5.71. The van der Waals surface area contributed by atoms with Crippen molar-refractivity contribution in [1.82, 2.24) is 0 Å². The number of rotatable bonds is 2. The Balaban J connectivity index is 1.61. The molecule has 4 saturated carbocycles. The lowest BCUT2D eigenvalue weighted by Crippen LogP contribution is -2.48. The Hall–Kier alpha value is 0.430. The van der Waals surface area contributed by atoms with Crippen molar-refractivity contribution in [2.24, 2.45) is 35.3 Å². The summed E-state index contributed by atoms with van der Waals surface area (Å²) in [5.74, 6) is 4.50. The van der Waals surface area contributed by atoms with Crippen molar-refractivity contribution in [3.05, 3.63) is 19.8 Å². The van der Waals surface area contributed by atoms with E-state index in [2.05, 4.69) is 22.0 Å². The van der Waals surface area contributed by atoms with Crippen molar-refractivity contribution < 1.29 is 0 Å². The average molecular weight is 361 g/mol. The number of hydrogen-bond donors (Lipinski definition) is 1. The lowest BCUT2D eigenvalue weighted by molar-refractivity contribution is -0.0467. The summed E-state index contributed by atoms with van der Waals surface area (Å²) >= 11 is 11.3. The molecule has 0 radical (unpaired) electrons. The molecule has 4 bridgehead atoms. The Labute approximate surface area is 132 Å². The van der Waals surface area contributed by atoms with Crippen LogP contribution in [0.15, 0.2) is 10.5 Å². The molecule has 1 heterocycles. The highest BCUT2D eigenvalue weighted by atomic mass is 79.9. The summed E-state index contributed by atoms with van der Waals surface area (Å²) in [5, 5.41) is 0. The van der Waals surface area contributed by atoms with Crippen molar-refractivity contribution in [1.29, 1.82) is 0 Å². The van der Waals surface area contributed by atoms with Crippen molar-refractivity contribution in [3.8, 4) is 0 Å². The van der Waals surface area contributed by atoms with Crippen molar-refractivity contribution >= 4 is 38.9 Å². The monoisotopic (exact) mass is 359 g/mol. The van der Waals surface area contributed by atoms with Gasteiger partial charge < -0.3 is 5.73 Å². The maximum Gasteiger partial charge on any atom is 0.107 e. The fraction of sp³-hybridized carbons (Fsp3) is 0.733. The van der Waals surface area contributed by atoms with Gasteiger partial charge in [-0.2, -0.15) is 0 Å². The van der Waals surface area contributed by atoms with E-state index in [1.54, 1.807) is 11.3 Å². The molecule has 4 aliphatic carbocycles. The summed E-state index contributed by atoms with van der Waals surface area (Å²) in [6.07, 6.45) is 7.25. The number of nitrogens with two attached hydrogens (primary N) is 1. The van der Waals surface area contributed by atoms with Crippen LogP contribution in [0.4, 0.5) is 0 Å². The quantitative estimate of drug-likeness (QED) is 0.767. The fourth-order valence-electron chi connectivity index (χ4n) is 5.27. The maximum atomic E-state index is 6.63. The van der Waals surface area contributed by atoms with Crippen LogP contribution in [0.25, 0.3) is 0 Å². The van der Waals surface area contributed by atoms with Gasteiger partial charge in [-0.05, 0) is 83.7 Å². The second-order valence-corrected chi connectivity index (χ2v) is 9.34. The van der Waals surface area contributed by atoms with Crippen LogP contribution in [0, 0.1) is 29.6 Å². The smallest absolute Gasteiger partial charge is 0.107 e. The first-order valence-electron chi connectivity index (χ1n) is 7.32. The Morgan fingerprint density at radius 2 is 1.74 bits per heavy atom. The predicted molar refractivity (Wildman–Crippen MR) is 84.5 cm³/mol. The minimum absolute atomic E-state index is 0.198. The molecule has 2 N–H and O–H groups in total. The van der Waals surface area contributed by atoms with Gasteiger partial charge in [-0.15, -0.1) is 11.3 Å². The molecule has 19 heavy (non-hydrogen) atoms. The van der Waals surface area contributed by atoms with Gasteiger partial charge in [0.25, 0.3) is 0 Å². The van der Waals surface area contributed by atoms with Gasteiger partial charge in [0.2, 0.25) is 0 Å². The van der Waals surface area contributed by atoms with Crippen LogP contribution in [-0.4, -0.2) is 0 Å². The minimum atomic E-state index is 0.198. The third kappa shape index (κ3) is 2.12. The highest BCUT2D eigenvalue weighted by molar-refractivity contribution is 9.10. The Bertz CT molecular complexity index is 453. The molecule has 1 nitrogen and oxygen atoms in total. The molecule has 4 aliphatic rings. The first-order chi connectivity index (χ1) is 9.11. The fourth-order valence-corrected chi connectivity index (χ4v) is 7.07. The topological polar surface area (TPSA) is 26.0 Å². The van der Waals surface area contributed by atoms with E-state index in [0.29, 0.717) is 5.92 Å². The van der Waals surface area contributed by atoms with Gasteiger partial charge in [0.15, 0.2) is 0 Å². The standard InChI is InChI=1S/C15H19BrClNS/c16-11-6-12(19-15(11)17)14(18)13-9-2-7-1-8(4-9)5-10(13)3-7/h6-10,13-14H,1-5,18H2. The highest BCUT2D eigenvalue weighted by Crippen LogP contribution is 2.59. The van der Waals surface area contributed by atoms with Crippen LogP contribution in [-0.2, 0) is 0 Å². The van der Waals surface area contributed by atoms with E-state index in [4.69, 9.17) is 17.3 Å². The molecule has 0 spiro atoms. The van der Waals surface area contributed by atoms with Crippen LogP contribution in [0.5, 0.6) is 0 Å². The van der Waals surface area contributed by atoms with Crippen molar-refractivity contribution in [2.75, 3.05) is 0 Å². The zero-order valence-corrected chi connectivity index (χ0v) is 14.0. The summed E-state index contributed by atoms with van der Waals surface area (Å²) in [6, 6.07) is 2.34. The molecule has 1 unspecified atom stereocenters. The maximum absolute atomic E-state index is 6.63. The molecule has 1 atom stereocenters. The zero-order valence-electron chi connectivity index (χ0n) is 10.8. The van der Waals surface area contributed by atoms with Crippen molar-refractivity contribution in [2.45, 2.75) is 38.1 Å². The molecular formula is C15H19BrClNS. The Kier molecular flexibility index (Phi) is 3.26. The lowest BCUT2D eigenvalue weighted by Gasteiger charge is -2.55. The van der Waals surface area contributed by atoms with E-state index >= 15 is 0 Å². The first kappa shape index (κ1) is 13.1. The largest absolute Gasteiger partial charge is 0.323 e. The molecule has 0 amide bonds. The van der Waals surface area contributed by atoms with E-state index in [1.807, 2.05) is 0 Å². The molecule has 0 aliphatic heterocycles. The molecule has 1 aromatic heterocycles. The van der Waals surface area contributed by atoms with Gasteiger partial charge in [-0.25, -0.2) is 0 Å². The van der Waals surface area contributed by atoms with Crippen molar-refractivity contribution in [3.63, 3.8) is 0 Å². The third-order valence-corrected chi connectivity index (χ3v) is 8.28. The normalized spacial score (nSPS) is 41.7. The number of halogens is 2. The molecule has 0 aromatic carbocycles. The summed E-state index contributed by atoms with van der Waals surface area (Å²) < 4.78 is 1.85. The summed E-state index contributed by atoms with van der Waals surface area (Å²) in [7, 11) is 0. The Morgan fingerprint density at radius 3 is 2.21 bits per heavy atom. The summed E-state index contributed by atoms with van der Waals surface area (Å²) in [6.45, 7) is 0. The molecular weight excluding hydrogens is 342 g/mol. The Morgan fingerprint density at radius 1 is 1.16 bits per heavy atom. The van der Waals surface area contributed by atoms with E-state index < -0.39 is 0 Å². The summed E-state index contributed by atoms with van der Waals surface area (Å²) in [4.78, 5) is 1.27. The van der Waals surface area contributed by atoms with E-state index in [0.717, 1.165) is 32.5 Å². The van der Waals surface area contributed by atoms with E-state index in [9.17, 15) is 0 Å². The molecule has 4 fully saturated rings. The molecule has 5 rings (SSSR count). The lowest BCUT2D eigenvalue weighted by atomic mass is 9.50. The van der Waals surface area contributed by atoms with Gasteiger partial charge >= 0.3 is 0 Å². The zero-order chi connectivity index (χ0) is 13.1. The van der Waals surface area contributed by atoms with Gasteiger partial charge in [0.1, 0.15) is 4.34 Å². The van der Waals surface area contributed by atoms with Crippen LogP contribution in [0.2, 0.25) is 4.34 Å². The van der Waals surface area contributed by atoms with Crippen LogP contribution >= 0.6 is 38.9 Å². The second kappa shape index (κ2) is 4.72. The SMILES string of the molecule is NC(c1cc(Br)c(Cl)s1)C1C2CC3CC(C2)CC1C3. The second-order valence-electron chi connectivity index (χ2n) is 6.80. The molecule has 1 aromatic rings.